The van der Waals surface area contributed by atoms with E-state index >= 15 is 0 Å². The lowest BCUT2D eigenvalue weighted by molar-refractivity contribution is 0.0936. The van der Waals surface area contributed by atoms with E-state index in [0.717, 1.165) is 21.0 Å². The maximum absolute atomic E-state index is 12.7. The Kier molecular flexibility index (Phi) is 4.92. The van der Waals surface area contributed by atoms with Crippen LogP contribution in [-0.4, -0.2) is 10.9 Å². The van der Waals surface area contributed by atoms with Crippen molar-refractivity contribution < 1.29 is 4.79 Å². The first-order valence-electron chi connectivity index (χ1n) is 7.92. The highest BCUT2D eigenvalue weighted by atomic mass is 32.1. The van der Waals surface area contributed by atoms with Gasteiger partial charge in [0.15, 0.2) is 0 Å². The summed E-state index contributed by atoms with van der Waals surface area (Å²) in [7, 11) is 0. The Morgan fingerprint density at radius 3 is 2.48 bits per heavy atom. The van der Waals surface area contributed by atoms with E-state index in [1.807, 2.05) is 56.3 Å². The van der Waals surface area contributed by atoms with Crippen LogP contribution in [0.1, 0.15) is 39.6 Å². The van der Waals surface area contributed by atoms with E-state index in [4.69, 9.17) is 5.26 Å². The molecule has 1 N–H and O–H groups in total. The number of nitrogens with zero attached hydrogens (tertiary/aromatic N) is 2. The van der Waals surface area contributed by atoms with Crippen LogP contribution in [-0.2, 0) is 0 Å². The van der Waals surface area contributed by atoms with Crippen molar-refractivity contribution in [3.8, 4) is 16.5 Å². The summed E-state index contributed by atoms with van der Waals surface area (Å²) in [6, 6.07) is 19.0. The van der Waals surface area contributed by atoms with Gasteiger partial charge in [-0.25, -0.2) is 4.98 Å². The highest BCUT2D eigenvalue weighted by molar-refractivity contribution is 7.15. The number of rotatable bonds is 4. The molecule has 0 aliphatic rings. The number of aromatic nitrogens is 1. The Morgan fingerprint density at radius 1 is 1.16 bits per heavy atom. The minimum Gasteiger partial charge on any atom is -0.344 e. The van der Waals surface area contributed by atoms with E-state index in [9.17, 15) is 4.79 Å². The van der Waals surface area contributed by atoms with Crippen LogP contribution >= 0.6 is 11.3 Å². The number of nitrogens with one attached hydrogen (secondary N) is 1. The standard InChI is InChI=1S/C20H17N3OS/c1-13(16-6-4-3-5-7-16)22-20(24)18-19(25-14(2)23-18)17-10-8-15(12-21)9-11-17/h3-11,13H,1-2H3,(H,22,24)/t13-/m0/s1. The highest BCUT2D eigenvalue weighted by Crippen LogP contribution is 2.30. The van der Waals surface area contributed by atoms with Gasteiger partial charge in [-0.15, -0.1) is 11.3 Å². The average molecular weight is 347 g/mol. The first-order chi connectivity index (χ1) is 12.1. The van der Waals surface area contributed by atoms with E-state index in [2.05, 4.69) is 16.4 Å². The summed E-state index contributed by atoms with van der Waals surface area (Å²) in [4.78, 5) is 18.0. The minimum absolute atomic E-state index is 0.107. The fourth-order valence-corrected chi connectivity index (χ4v) is 3.48. The van der Waals surface area contributed by atoms with Gasteiger partial charge in [-0.05, 0) is 37.1 Å². The highest BCUT2D eigenvalue weighted by Gasteiger charge is 2.20. The van der Waals surface area contributed by atoms with E-state index in [-0.39, 0.29) is 11.9 Å². The number of carbonyl (C=O) groups excluding carboxylic acids is 1. The summed E-state index contributed by atoms with van der Waals surface area (Å²) in [6.45, 7) is 3.84. The Hall–Kier alpha value is -2.97. The van der Waals surface area contributed by atoms with Crippen molar-refractivity contribution in [1.82, 2.24) is 10.3 Å². The summed E-state index contributed by atoms with van der Waals surface area (Å²) in [5.74, 6) is -0.194. The number of thiazole rings is 1. The molecule has 0 aliphatic heterocycles. The average Bonchev–Trinajstić information content (AvgIpc) is 3.04. The summed E-state index contributed by atoms with van der Waals surface area (Å²) >= 11 is 1.48. The number of amides is 1. The maximum Gasteiger partial charge on any atom is 0.271 e. The summed E-state index contributed by atoms with van der Waals surface area (Å²) in [5.41, 5.74) is 2.95. The van der Waals surface area contributed by atoms with Crippen LogP contribution in [0.25, 0.3) is 10.4 Å². The van der Waals surface area contributed by atoms with Gasteiger partial charge >= 0.3 is 0 Å². The molecule has 25 heavy (non-hydrogen) atoms. The SMILES string of the molecule is Cc1nc(C(=O)N[C@@H](C)c2ccccc2)c(-c2ccc(C#N)cc2)s1. The van der Waals surface area contributed by atoms with Gasteiger partial charge in [0.2, 0.25) is 0 Å². The topological polar surface area (TPSA) is 65.8 Å². The van der Waals surface area contributed by atoms with Crippen molar-refractivity contribution in [2.45, 2.75) is 19.9 Å². The van der Waals surface area contributed by atoms with E-state index in [0.29, 0.717) is 11.3 Å². The predicted octanol–water partition coefficient (Wildman–Crippen LogP) is 4.48. The summed E-state index contributed by atoms with van der Waals surface area (Å²) < 4.78 is 0. The number of nitriles is 1. The van der Waals surface area contributed by atoms with Gasteiger partial charge in [0, 0.05) is 0 Å². The Labute approximate surface area is 150 Å². The van der Waals surface area contributed by atoms with Crippen molar-refractivity contribution in [1.29, 1.82) is 5.26 Å². The van der Waals surface area contributed by atoms with E-state index < -0.39 is 0 Å². The fourth-order valence-electron chi connectivity index (χ4n) is 2.56. The molecule has 3 rings (SSSR count). The molecule has 0 bridgehead atoms. The molecule has 1 heterocycles. The molecule has 0 unspecified atom stereocenters. The van der Waals surface area contributed by atoms with Crippen molar-refractivity contribution in [3.05, 3.63) is 76.4 Å². The molecule has 2 aromatic carbocycles. The quantitative estimate of drug-likeness (QED) is 0.756. The third-order valence-electron chi connectivity index (χ3n) is 3.87. The number of hydrogen-bond acceptors (Lipinski definition) is 4. The Morgan fingerprint density at radius 2 is 1.84 bits per heavy atom. The van der Waals surface area contributed by atoms with Crippen molar-refractivity contribution in [3.63, 3.8) is 0 Å². The molecular formula is C20H17N3OS. The smallest absolute Gasteiger partial charge is 0.271 e. The van der Waals surface area contributed by atoms with Crippen LogP contribution in [0.5, 0.6) is 0 Å². The van der Waals surface area contributed by atoms with Crippen LogP contribution in [0.4, 0.5) is 0 Å². The molecule has 1 amide bonds. The van der Waals surface area contributed by atoms with Gasteiger partial charge in [-0.1, -0.05) is 42.5 Å². The molecular weight excluding hydrogens is 330 g/mol. The lowest BCUT2D eigenvalue weighted by Gasteiger charge is -2.14. The largest absolute Gasteiger partial charge is 0.344 e. The van der Waals surface area contributed by atoms with Crippen LogP contribution in [0.15, 0.2) is 54.6 Å². The molecule has 5 heteroatoms. The van der Waals surface area contributed by atoms with Gasteiger partial charge < -0.3 is 5.32 Å². The zero-order chi connectivity index (χ0) is 17.8. The number of aryl methyl sites for hydroxylation is 1. The second-order valence-electron chi connectivity index (χ2n) is 5.71. The normalized spacial score (nSPS) is 11.6. The lowest BCUT2D eigenvalue weighted by atomic mass is 10.1. The van der Waals surface area contributed by atoms with Crippen LogP contribution < -0.4 is 5.32 Å². The Bertz CT molecular complexity index is 924. The molecule has 3 aromatic rings. The van der Waals surface area contributed by atoms with Crippen LogP contribution in [0.3, 0.4) is 0 Å². The minimum atomic E-state index is -0.194. The van der Waals surface area contributed by atoms with Crippen LogP contribution in [0, 0.1) is 18.3 Å². The predicted molar refractivity (Wildman–Crippen MR) is 99.3 cm³/mol. The van der Waals surface area contributed by atoms with Gasteiger partial charge in [0.25, 0.3) is 5.91 Å². The maximum atomic E-state index is 12.7. The van der Waals surface area contributed by atoms with E-state index in [1.165, 1.54) is 11.3 Å². The van der Waals surface area contributed by atoms with E-state index in [1.54, 1.807) is 12.1 Å². The van der Waals surface area contributed by atoms with Crippen LogP contribution in [0.2, 0.25) is 0 Å². The molecule has 0 fully saturated rings. The molecule has 124 valence electrons. The first-order valence-corrected chi connectivity index (χ1v) is 8.74. The number of carbonyl (C=O) groups is 1. The zero-order valence-electron chi connectivity index (χ0n) is 14.0. The summed E-state index contributed by atoms with van der Waals surface area (Å²) in [6.07, 6.45) is 0. The molecule has 1 atom stereocenters. The summed E-state index contributed by atoms with van der Waals surface area (Å²) in [5, 5.41) is 12.8. The lowest BCUT2D eigenvalue weighted by Crippen LogP contribution is -2.27. The number of hydrogen-bond donors (Lipinski definition) is 1. The van der Waals surface area contributed by atoms with Crippen molar-refractivity contribution in [2.24, 2.45) is 0 Å². The Balaban J connectivity index is 1.87. The third kappa shape index (κ3) is 3.76. The molecule has 0 saturated heterocycles. The van der Waals surface area contributed by atoms with Crippen molar-refractivity contribution in [2.75, 3.05) is 0 Å². The van der Waals surface area contributed by atoms with Gasteiger partial charge in [0.05, 0.1) is 27.6 Å². The second-order valence-corrected chi connectivity index (χ2v) is 6.91. The van der Waals surface area contributed by atoms with Gasteiger partial charge in [0.1, 0.15) is 5.69 Å². The van der Waals surface area contributed by atoms with Gasteiger partial charge in [-0.3, -0.25) is 4.79 Å². The molecule has 0 spiro atoms. The monoisotopic (exact) mass is 347 g/mol. The molecule has 1 aromatic heterocycles. The fraction of sp³-hybridized carbons (Fsp3) is 0.150. The van der Waals surface area contributed by atoms with Crippen molar-refractivity contribution >= 4 is 17.2 Å². The molecule has 0 saturated carbocycles. The molecule has 0 aliphatic carbocycles. The van der Waals surface area contributed by atoms with Gasteiger partial charge in [-0.2, -0.15) is 5.26 Å². The third-order valence-corrected chi connectivity index (χ3v) is 4.89. The molecule has 0 radical (unpaired) electrons. The first kappa shape index (κ1) is 16.9. The second kappa shape index (κ2) is 7.29. The molecule has 4 nitrogen and oxygen atoms in total. The number of benzene rings is 2. The zero-order valence-corrected chi connectivity index (χ0v) is 14.8.